The maximum Gasteiger partial charge on any atom is -0.0351 e. The highest BCUT2D eigenvalue weighted by Crippen LogP contribution is 2.04. The summed E-state index contributed by atoms with van der Waals surface area (Å²) in [6.07, 6.45) is 14.6. The van der Waals surface area contributed by atoms with Gasteiger partial charge in [-0.05, 0) is 25.7 Å². The summed E-state index contributed by atoms with van der Waals surface area (Å²) in [6, 6.07) is 0. The molecule has 0 aliphatic rings. The summed E-state index contributed by atoms with van der Waals surface area (Å²) in [6.45, 7) is 4.39. The summed E-state index contributed by atoms with van der Waals surface area (Å²) in [7, 11) is 0. The van der Waals surface area contributed by atoms with E-state index < -0.39 is 0 Å². The SMILES string of the molecule is CC[CH]CCCCC=CCC. The van der Waals surface area contributed by atoms with Crippen LogP contribution in [0.25, 0.3) is 0 Å². The molecular formula is C11H21. The van der Waals surface area contributed by atoms with E-state index >= 15 is 0 Å². The van der Waals surface area contributed by atoms with Crippen LogP contribution in [0.1, 0.15) is 52.4 Å². The van der Waals surface area contributed by atoms with Gasteiger partial charge in [-0.25, -0.2) is 0 Å². The number of unbranched alkanes of at least 4 members (excludes halogenated alkanes) is 5. The molecule has 0 amide bonds. The van der Waals surface area contributed by atoms with Crippen molar-refractivity contribution in [3.05, 3.63) is 18.6 Å². The van der Waals surface area contributed by atoms with Crippen molar-refractivity contribution in [2.24, 2.45) is 0 Å². The molecule has 0 aliphatic heterocycles. The van der Waals surface area contributed by atoms with Crippen molar-refractivity contribution in [1.29, 1.82) is 0 Å². The standard InChI is InChI=1S/C11H21/c1-3-5-7-9-11-10-8-6-4-2/h5-7H,3-4,8-11H2,1-2H3. The molecule has 0 fully saturated rings. The van der Waals surface area contributed by atoms with Crippen molar-refractivity contribution in [2.45, 2.75) is 52.4 Å². The molecule has 0 aromatic carbocycles. The third-order valence-corrected chi connectivity index (χ3v) is 1.72. The molecule has 0 aromatic heterocycles. The van der Waals surface area contributed by atoms with Crippen molar-refractivity contribution >= 4 is 0 Å². The zero-order valence-corrected chi connectivity index (χ0v) is 7.97. The lowest BCUT2D eigenvalue weighted by atomic mass is 10.1. The second-order valence-corrected chi connectivity index (χ2v) is 2.86. The zero-order chi connectivity index (χ0) is 8.36. The Morgan fingerprint density at radius 2 is 1.55 bits per heavy atom. The Morgan fingerprint density at radius 3 is 2.18 bits per heavy atom. The Labute approximate surface area is 71.7 Å². The van der Waals surface area contributed by atoms with Gasteiger partial charge in [-0.15, -0.1) is 0 Å². The summed E-state index contributed by atoms with van der Waals surface area (Å²) in [5, 5.41) is 0. The van der Waals surface area contributed by atoms with Gasteiger partial charge in [0.15, 0.2) is 0 Å². The van der Waals surface area contributed by atoms with Gasteiger partial charge >= 0.3 is 0 Å². The summed E-state index contributed by atoms with van der Waals surface area (Å²) in [5.41, 5.74) is 0. The lowest BCUT2D eigenvalue weighted by molar-refractivity contribution is 0.723. The molecule has 0 aromatic rings. The number of hydrogen-bond acceptors (Lipinski definition) is 0. The molecule has 0 saturated carbocycles. The maximum absolute atomic E-state index is 2.36. The Balaban J connectivity index is 2.85. The summed E-state index contributed by atoms with van der Waals surface area (Å²) < 4.78 is 0. The van der Waals surface area contributed by atoms with Crippen LogP contribution in [0, 0.1) is 6.42 Å². The predicted molar refractivity (Wildman–Crippen MR) is 52.5 cm³/mol. The molecule has 0 unspecified atom stereocenters. The van der Waals surface area contributed by atoms with Gasteiger partial charge in [0.05, 0.1) is 0 Å². The minimum atomic E-state index is 1.18. The van der Waals surface area contributed by atoms with Gasteiger partial charge in [-0.1, -0.05) is 45.3 Å². The average Bonchev–Trinajstić information content (AvgIpc) is 2.03. The Morgan fingerprint density at radius 1 is 0.818 bits per heavy atom. The van der Waals surface area contributed by atoms with Gasteiger partial charge in [0.1, 0.15) is 0 Å². The van der Waals surface area contributed by atoms with Gasteiger partial charge in [0.25, 0.3) is 0 Å². The fourth-order valence-electron chi connectivity index (χ4n) is 1.04. The Kier molecular flexibility index (Phi) is 9.51. The van der Waals surface area contributed by atoms with Crippen LogP contribution in [0.3, 0.4) is 0 Å². The second kappa shape index (κ2) is 9.74. The first-order valence-corrected chi connectivity index (χ1v) is 4.88. The molecular weight excluding hydrogens is 132 g/mol. The Hall–Kier alpha value is -0.260. The normalized spacial score (nSPS) is 11.1. The summed E-state index contributed by atoms with van der Waals surface area (Å²) in [5.74, 6) is 0. The van der Waals surface area contributed by atoms with Crippen LogP contribution in [-0.4, -0.2) is 0 Å². The average molecular weight is 153 g/mol. The molecule has 0 rings (SSSR count). The molecule has 0 N–H and O–H groups in total. The monoisotopic (exact) mass is 153 g/mol. The first kappa shape index (κ1) is 10.7. The zero-order valence-electron chi connectivity index (χ0n) is 7.97. The van der Waals surface area contributed by atoms with Crippen LogP contribution in [0.15, 0.2) is 12.2 Å². The van der Waals surface area contributed by atoms with E-state index in [9.17, 15) is 0 Å². The molecule has 0 atom stereocenters. The van der Waals surface area contributed by atoms with E-state index in [0.29, 0.717) is 0 Å². The number of allylic oxidation sites excluding steroid dienone is 2. The topological polar surface area (TPSA) is 0 Å². The van der Waals surface area contributed by atoms with Crippen LogP contribution in [0.4, 0.5) is 0 Å². The molecule has 0 saturated heterocycles. The summed E-state index contributed by atoms with van der Waals surface area (Å²) >= 11 is 0. The highest BCUT2D eigenvalue weighted by atomic mass is 13.9. The third kappa shape index (κ3) is 9.74. The second-order valence-electron chi connectivity index (χ2n) is 2.86. The minimum absolute atomic E-state index is 1.18. The fourth-order valence-corrected chi connectivity index (χ4v) is 1.04. The third-order valence-electron chi connectivity index (χ3n) is 1.72. The number of hydrogen-bond donors (Lipinski definition) is 0. The molecule has 0 spiro atoms. The Bertz CT molecular complexity index is 82.0. The predicted octanol–water partition coefficient (Wildman–Crippen LogP) is 4.13. The lowest BCUT2D eigenvalue weighted by Gasteiger charge is -1.95. The molecule has 11 heavy (non-hydrogen) atoms. The van der Waals surface area contributed by atoms with E-state index in [2.05, 4.69) is 32.4 Å². The van der Waals surface area contributed by atoms with Crippen molar-refractivity contribution in [3.63, 3.8) is 0 Å². The maximum atomic E-state index is 2.36. The van der Waals surface area contributed by atoms with Gasteiger partial charge in [0.2, 0.25) is 0 Å². The van der Waals surface area contributed by atoms with E-state index in [0.717, 1.165) is 0 Å². The first-order valence-electron chi connectivity index (χ1n) is 4.88. The van der Waals surface area contributed by atoms with Crippen LogP contribution >= 0.6 is 0 Å². The van der Waals surface area contributed by atoms with Crippen molar-refractivity contribution in [2.75, 3.05) is 0 Å². The smallest absolute Gasteiger partial charge is 0.0351 e. The molecule has 0 heterocycles. The lowest BCUT2D eigenvalue weighted by Crippen LogP contribution is -1.76. The van der Waals surface area contributed by atoms with Crippen molar-refractivity contribution in [3.8, 4) is 0 Å². The van der Waals surface area contributed by atoms with Crippen LogP contribution in [0.2, 0.25) is 0 Å². The van der Waals surface area contributed by atoms with E-state index in [4.69, 9.17) is 0 Å². The number of rotatable bonds is 7. The van der Waals surface area contributed by atoms with Crippen molar-refractivity contribution < 1.29 is 0 Å². The highest BCUT2D eigenvalue weighted by molar-refractivity contribution is 4.79. The van der Waals surface area contributed by atoms with E-state index in [1.54, 1.807) is 0 Å². The van der Waals surface area contributed by atoms with E-state index in [1.165, 1.54) is 38.5 Å². The molecule has 0 nitrogen and oxygen atoms in total. The summed E-state index contributed by atoms with van der Waals surface area (Å²) in [4.78, 5) is 0. The fraction of sp³-hybridized carbons (Fsp3) is 0.727. The van der Waals surface area contributed by atoms with Crippen LogP contribution in [0.5, 0.6) is 0 Å². The van der Waals surface area contributed by atoms with Crippen LogP contribution in [-0.2, 0) is 0 Å². The van der Waals surface area contributed by atoms with E-state index in [-0.39, 0.29) is 0 Å². The molecule has 0 heteroatoms. The molecule has 0 aliphatic carbocycles. The van der Waals surface area contributed by atoms with Gasteiger partial charge < -0.3 is 0 Å². The van der Waals surface area contributed by atoms with Crippen molar-refractivity contribution in [1.82, 2.24) is 0 Å². The molecule has 1 radical (unpaired) electrons. The van der Waals surface area contributed by atoms with Crippen LogP contribution < -0.4 is 0 Å². The highest BCUT2D eigenvalue weighted by Gasteiger charge is 1.85. The van der Waals surface area contributed by atoms with Gasteiger partial charge in [-0.3, -0.25) is 0 Å². The van der Waals surface area contributed by atoms with Gasteiger partial charge in [-0.2, -0.15) is 0 Å². The van der Waals surface area contributed by atoms with E-state index in [1.807, 2.05) is 0 Å². The largest absolute Gasteiger partial charge is 0.0888 e. The quantitative estimate of drug-likeness (QED) is 0.381. The molecule has 0 bridgehead atoms. The van der Waals surface area contributed by atoms with Gasteiger partial charge in [0, 0.05) is 0 Å². The first-order chi connectivity index (χ1) is 5.41. The minimum Gasteiger partial charge on any atom is -0.0888 e. The molecule has 65 valence electrons.